The zero-order chi connectivity index (χ0) is 16.1. The van der Waals surface area contributed by atoms with Crippen molar-refractivity contribution < 1.29 is 17.3 Å². The highest BCUT2D eigenvalue weighted by molar-refractivity contribution is 7.92. The molecule has 1 N–H and O–H groups in total. The number of nitrogens with one attached hydrogen (secondary N) is 1. The molecule has 3 rings (SSSR count). The van der Waals surface area contributed by atoms with E-state index in [1.54, 1.807) is 36.8 Å². The lowest BCUT2D eigenvalue weighted by atomic mass is 10.2. The molecule has 0 spiro atoms. The Bertz CT molecular complexity index is 878. The second-order valence-electron chi connectivity index (χ2n) is 4.86. The Morgan fingerprint density at radius 3 is 2.61 bits per heavy atom. The van der Waals surface area contributed by atoms with Crippen LogP contribution in [0.25, 0.3) is 17.4 Å². The zero-order valence-corrected chi connectivity index (χ0v) is 13.0. The molecule has 6 heteroatoms. The van der Waals surface area contributed by atoms with Gasteiger partial charge in [-0.2, -0.15) is 0 Å². The Kier molecular flexibility index (Phi) is 4.45. The van der Waals surface area contributed by atoms with Crippen LogP contribution in [0.1, 0.15) is 11.3 Å². The number of hydrogen-bond donors (Lipinski definition) is 1. The van der Waals surface area contributed by atoms with Crippen molar-refractivity contribution in [3.05, 3.63) is 77.8 Å². The predicted octanol–water partition coefficient (Wildman–Crippen LogP) is 3.63. The Morgan fingerprint density at radius 2 is 1.87 bits per heavy atom. The molecule has 0 saturated heterocycles. The maximum atomic E-state index is 12.0. The van der Waals surface area contributed by atoms with Gasteiger partial charge in [-0.15, -0.1) is 0 Å². The Balaban J connectivity index is 1.62. The van der Waals surface area contributed by atoms with E-state index in [1.807, 2.05) is 30.3 Å². The van der Waals surface area contributed by atoms with E-state index in [0.29, 0.717) is 11.5 Å². The fourth-order valence-corrected chi connectivity index (χ4v) is 2.76. The van der Waals surface area contributed by atoms with Crippen LogP contribution in [0.3, 0.4) is 0 Å². The van der Waals surface area contributed by atoms with E-state index in [0.717, 1.165) is 16.5 Å². The van der Waals surface area contributed by atoms with Gasteiger partial charge in [-0.3, -0.25) is 0 Å². The Labute approximate surface area is 134 Å². The Morgan fingerprint density at radius 1 is 1.04 bits per heavy atom. The standard InChI is InChI=1S/C17H15NO4S/c19-23(20,11-9-14-4-2-1-3-5-14)18-12-16-6-7-17(22-16)15-8-10-21-13-15/h1-11,13,18H,12H2/b11-9+. The molecule has 0 unspecified atom stereocenters. The normalized spacial score (nSPS) is 12.0. The number of furan rings is 2. The van der Waals surface area contributed by atoms with Gasteiger partial charge in [-0.05, 0) is 29.8 Å². The molecule has 23 heavy (non-hydrogen) atoms. The summed E-state index contributed by atoms with van der Waals surface area (Å²) >= 11 is 0. The van der Waals surface area contributed by atoms with Crippen molar-refractivity contribution in [2.75, 3.05) is 0 Å². The topological polar surface area (TPSA) is 72.5 Å². The van der Waals surface area contributed by atoms with Crippen LogP contribution >= 0.6 is 0 Å². The van der Waals surface area contributed by atoms with Gasteiger partial charge in [0.1, 0.15) is 17.8 Å². The highest BCUT2D eigenvalue weighted by Crippen LogP contribution is 2.22. The molecule has 5 nitrogen and oxygen atoms in total. The average molecular weight is 329 g/mol. The molecule has 0 atom stereocenters. The summed E-state index contributed by atoms with van der Waals surface area (Å²) in [5, 5.41) is 1.14. The van der Waals surface area contributed by atoms with E-state index in [9.17, 15) is 8.42 Å². The van der Waals surface area contributed by atoms with Gasteiger partial charge in [0.25, 0.3) is 0 Å². The summed E-state index contributed by atoms with van der Waals surface area (Å²) in [6.07, 6.45) is 4.66. The quantitative estimate of drug-likeness (QED) is 0.749. The molecule has 3 aromatic rings. The molecule has 2 heterocycles. The predicted molar refractivity (Wildman–Crippen MR) is 87.6 cm³/mol. The van der Waals surface area contributed by atoms with E-state index in [4.69, 9.17) is 8.83 Å². The van der Waals surface area contributed by atoms with Gasteiger partial charge in [-0.1, -0.05) is 30.3 Å². The van der Waals surface area contributed by atoms with E-state index in [2.05, 4.69) is 4.72 Å². The lowest BCUT2D eigenvalue weighted by Gasteiger charge is -2.00. The molecule has 0 fully saturated rings. The summed E-state index contributed by atoms with van der Waals surface area (Å²) in [6, 6.07) is 14.5. The Hall–Kier alpha value is -2.57. The monoisotopic (exact) mass is 329 g/mol. The fraction of sp³-hybridized carbons (Fsp3) is 0.0588. The maximum Gasteiger partial charge on any atom is 0.234 e. The SMILES string of the molecule is O=S(=O)(/C=C/c1ccccc1)NCc1ccc(-c2ccoc2)o1. The number of hydrogen-bond acceptors (Lipinski definition) is 4. The minimum Gasteiger partial charge on any atom is -0.472 e. The zero-order valence-electron chi connectivity index (χ0n) is 12.2. The molecular weight excluding hydrogens is 314 g/mol. The number of benzene rings is 1. The van der Waals surface area contributed by atoms with Crippen molar-refractivity contribution in [3.8, 4) is 11.3 Å². The van der Waals surface area contributed by atoms with Crippen LogP contribution in [0.4, 0.5) is 0 Å². The first kappa shape index (κ1) is 15.3. The number of rotatable bonds is 6. The van der Waals surface area contributed by atoms with Crippen LogP contribution < -0.4 is 4.72 Å². The largest absolute Gasteiger partial charge is 0.472 e. The van der Waals surface area contributed by atoms with Gasteiger partial charge in [0, 0.05) is 5.41 Å². The van der Waals surface area contributed by atoms with Gasteiger partial charge in [-0.25, -0.2) is 13.1 Å². The van der Waals surface area contributed by atoms with Crippen molar-refractivity contribution in [1.29, 1.82) is 0 Å². The first-order valence-corrected chi connectivity index (χ1v) is 8.51. The molecular formula is C17H15NO4S. The van der Waals surface area contributed by atoms with E-state index < -0.39 is 10.0 Å². The summed E-state index contributed by atoms with van der Waals surface area (Å²) in [4.78, 5) is 0. The maximum absolute atomic E-state index is 12.0. The molecule has 0 radical (unpaired) electrons. The second kappa shape index (κ2) is 6.68. The molecule has 0 saturated carbocycles. The summed E-state index contributed by atoms with van der Waals surface area (Å²) in [7, 11) is -3.53. The molecule has 118 valence electrons. The lowest BCUT2D eigenvalue weighted by Crippen LogP contribution is -2.20. The summed E-state index contributed by atoms with van der Waals surface area (Å²) in [5.41, 5.74) is 1.63. The molecule has 2 aromatic heterocycles. The molecule has 0 aliphatic carbocycles. The van der Waals surface area contributed by atoms with Crippen molar-refractivity contribution in [2.45, 2.75) is 6.54 Å². The highest BCUT2D eigenvalue weighted by atomic mass is 32.2. The van der Waals surface area contributed by atoms with Crippen LogP contribution in [0.5, 0.6) is 0 Å². The van der Waals surface area contributed by atoms with Crippen LogP contribution in [-0.2, 0) is 16.6 Å². The number of sulfonamides is 1. The third-order valence-electron chi connectivity index (χ3n) is 3.15. The lowest BCUT2D eigenvalue weighted by molar-refractivity contribution is 0.509. The van der Waals surface area contributed by atoms with E-state index in [1.165, 1.54) is 0 Å². The van der Waals surface area contributed by atoms with Crippen molar-refractivity contribution in [1.82, 2.24) is 4.72 Å². The van der Waals surface area contributed by atoms with E-state index in [-0.39, 0.29) is 6.54 Å². The summed E-state index contributed by atoms with van der Waals surface area (Å²) < 4.78 is 36.9. The third-order valence-corrected chi connectivity index (χ3v) is 4.20. The van der Waals surface area contributed by atoms with Gasteiger partial charge in [0.2, 0.25) is 10.0 Å². The first-order valence-electron chi connectivity index (χ1n) is 6.96. The third kappa shape index (κ3) is 4.21. The molecule has 0 amide bonds. The molecule has 1 aromatic carbocycles. The molecule has 0 bridgehead atoms. The average Bonchev–Trinajstić information content (AvgIpc) is 3.23. The van der Waals surface area contributed by atoms with Gasteiger partial charge in [0.15, 0.2) is 0 Å². The first-order chi connectivity index (χ1) is 11.1. The van der Waals surface area contributed by atoms with E-state index >= 15 is 0 Å². The van der Waals surface area contributed by atoms with Crippen molar-refractivity contribution in [3.63, 3.8) is 0 Å². The molecule has 0 aliphatic rings. The van der Waals surface area contributed by atoms with Gasteiger partial charge < -0.3 is 8.83 Å². The summed E-state index contributed by atoms with van der Waals surface area (Å²) in [5.74, 6) is 1.16. The van der Waals surface area contributed by atoms with Gasteiger partial charge in [0.05, 0.1) is 18.4 Å². The smallest absolute Gasteiger partial charge is 0.234 e. The highest BCUT2D eigenvalue weighted by Gasteiger charge is 2.09. The minimum atomic E-state index is -3.53. The van der Waals surface area contributed by atoms with Crippen LogP contribution in [0.2, 0.25) is 0 Å². The summed E-state index contributed by atoms with van der Waals surface area (Å²) in [6.45, 7) is 0.0827. The van der Waals surface area contributed by atoms with Crippen molar-refractivity contribution >= 4 is 16.1 Å². The molecule has 0 aliphatic heterocycles. The van der Waals surface area contributed by atoms with Gasteiger partial charge >= 0.3 is 0 Å². The van der Waals surface area contributed by atoms with Crippen LogP contribution in [0.15, 0.2) is 75.3 Å². The van der Waals surface area contributed by atoms with Crippen molar-refractivity contribution in [2.24, 2.45) is 0 Å². The fourth-order valence-electron chi connectivity index (χ4n) is 1.98. The van der Waals surface area contributed by atoms with Crippen LogP contribution in [0, 0.1) is 0 Å². The van der Waals surface area contributed by atoms with Crippen LogP contribution in [-0.4, -0.2) is 8.42 Å². The minimum absolute atomic E-state index is 0.0827. The second-order valence-corrected chi connectivity index (χ2v) is 6.51.